The first-order chi connectivity index (χ1) is 7.09. The van der Waals surface area contributed by atoms with E-state index < -0.39 is 0 Å². The van der Waals surface area contributed by atoms with Crippen LogP contribution in [0.15, 0.2) is 0 Å². The van der Waals surface area contributed by atoms with Gasteiger partial charge in [0.2, 0.25) is 0 Å². The van der Waals surface area contributed by atoms with Crippen LogP contribution >= 0.6 is 12.2 Å². The summed E-state index contributed by atoms with van der Waals surface area (Å²) in [6, 6.07) is 0. The van der Waals surface area contributed by atoms with Crippen molar-refractivity contribution in [1.29, 1.82) is 0 Å². The number of rotatable bonds is 2. The molecule has 2 rings (SSSR count). The van der Waals surface area contributed by atoms with Crippen molar-refractivity contribution in [3.8, 4) is 0 Å². The van der Waals surface area contributed by atoms with Gasteiger partial charge >= 0.3 is 0 Å². The predicted molar refractivity (Wildman–Crippen MR) is 62.4 cm³/mol. The number of nitrogens with one attached hydrogen (secondary N) is 2. The van der Waals surface area contributed by atoms with Crippen LogP contribution in [0.3, 0.4) is 0 Å². The summed E-state index contributed by atoms with van der Waals surface area (Å²) in [5.74, 6) is 0.586. The molecular formula is C10H14N4S. The van der Waals surface area contributed by atoms with Crippen molar-refractivity contribution in [3.63, 3.8) is 0 Å². The second-order valence-electron chi connectivity index (χ2n) is 4.18. The van der Waals surface area contributed by atoms with E-state index in [-0.39, 0.29) is 0 Å². The first kappa shape index (κ1) is 10.3. The number of pyridine rings is 1. The van der Waals surface area contributed by atoms with E-state index in [2.05, 4.69) is 34.2 Å². The average Bonchev–Trinajstić information content (AvgIpc) is 2.59. The van der Waals surface area contributed by atoms with Crippen LogP contribution in [-0.4, -0.2) is 20.4 Å². The normalized spacial score (nSPS) is 11.5. The van der Waals surface area contributed by atoms with E-state index in [1.54, 1.807) is 0 Å². The molecule has 4 nitrogen and oxygen atoms in total. The summed E-state index contributed by atoms with van der Waals surface area (Å²) in [6.45, 7) is 6.39. The number of aromatic nitrogens is 4. The zero-order valence-corrected chi connectivity index (χ0v) is 9.90. The quantitative estimate of drug-likeness (QED) is 0.768. The van der Waals surface area contributed by atoms with E-state index in [1.807, 2.05) is 6.92 Å². The average molecular weight is 222 g/mol. The minimum atomic E-state index is 0.586. The van der Waals surface area contributed by atoms with Crippen LogP contribution in [0.4, 0.5) is 0 Å². The van der Waals surface area contributed by atoms with E-state index in [1.165, 1.54) is 5.56 Å². The van der Waals surface area contributed by atoms with Gasteiger partial charge in [-0.25, -0.2) is 0 Å². The molecule has 0 aliphatic carbocycles. The molecular weight excluding hydrogens is 208 g/mol. The van der Waals surface area contributed by atoms with Crippen LogP contribution in [0.25, 0.3) is 11.2 Å². The van der Waals surface area contributed by atoms with Gasteiger partial charge in [0.25, 0.3) is 0 Å². The fourth-order valence-corrected chi connectivity index (χ4v) is 2.08. The zero-order valence-electron chi connectivity index (χ0n) is 9.09. The third kappa shape index (κ3) is 1.79. The van der Waals surface area contributed by atoms with Crippen molar-refractivity contribution in [2.45, 2.75) is 27.2 Å². The van der Waals surface area contributed by atoms with Gasteiger partial charge in [0.15, 0.2) is 5.65 Å². The van der Waals surface area contributed by atoms with Gasteiger partial charge < -0.3 is 4.98 Å². The molecule has 5 heteroatoms. The minimum absolute atomic E-state index is 0.586. The molecule has 2 aromatic heterocycles. The van der Waals surface area contributed by atoms with Gasteiger partial charge in [0.05, 0.1) is 4.51 Å². The summed E-state index contributed by atoms with van der Waals surface area (Å²) >= 11 is 5.41. The van der Waals surface area contributed by atoms with Crippen molar-refractivity contribution in [3.05, 3.63) is 15.8 Å². The highest BCUT2D eigenvalue weighted by molar-refractivity contribution is 7.71. The topological polar surface area (TPSA) is 57.4 Å². The molecule has 0 aliphatic rings. The summed E-state index contributed by atoms with van der Waals surface area (Å²) in [5.41, 5.74) is 3.78. The molecule has 0 fully saturated rings. The number of nitrogens with zero attached hydrogens (tertiary/aromatic N) is 2. The molecule has 0 spiro atoms. The van der Waals surface area contributed by atoms with Crippen molar-refractivity contribution in [2.75, 3.05) is 0 Å². The SMILES string of the molecule is Cc1[nH]c2n[nH]nc2c(=S)c1CC(C)C. The van der Waals surface area contributed by atoms with Crippen LogP contribution in [-0.2, 0) is 6.42 Å². The smallest absolute Gasteiger partial charge is 0.181 e. The van der Waals surface area contributed by atoms with E-state index in [4.69, 9.17) is 12.2 Å². The Bertz CT molecular complexity index is 538. The molecule has 0 amide bonds. The van der Waals surface area contributed by atoms with E-state index in [0.717, 1.165) is 27.8 Å². The Morgan fingerprint density at radius 3 is 2.73 bits per heavy atom. The lowest BCUT2D eigenvalue weighted by Crippen LogP contribution is -2.00. The molecule has 80 valence electrons. The Hall–Kier alpha value is -1.23. The molecule has 0 atom stereocenters. The second kappa shape index (κ2) is 3.73. The molecule has 15 heavy (non-hydrogen) atoms. The van der Waals surface area contributed by atoms with Crippen LogP contribution < -0.4 is 0 Å². The number of fused-ring (bicyclic) bond motifs is 1. The van der Waals surface area contributed by atoms with Crippen molar-refractivity contribution >= 4 is 23.4 Å². The van der Waals surface area contributed by atoms with Gasteiger partial charge in [-0.15, -0.1) is 5.10 Å². The lowest BCUT2D eigenvalue weighted by Gasteiger charge is -2.08. The van der Waals surface area contributed by atoms with E-state index >= 15 is 0 Å². The van der Waals surface area contributed by atoms with Crippen LogP contribution in [0.5, 0.6) is 0 Å². The maximum atomic E-state index is 5.41. The molecule has 2 N–H and O–H groups in total. The largest absolute Gasteiger partial charge is 0.340 e. The highest BCUT2D eigenvalue weighted by Crippen LogP contribution is 2.18. The Kier molecular flexibility index (Phi) is 2.56. The Morgan fingerprint density at radius 1 is 1.33 bits per heavy atom. The molecule has 0 radical (unpaired) electrons. The summed E-state index contributed by atoms with van der Waals surface area (Å²) in [6.07, 6.45) is 0.976. The molecule has 0 aliphatic heterocycles. The first-order valence-electron chi connectivity index (χ1n) is 5.02. The van der Waals surface area contributed by atoms with Gasteiger partial charge in [-0.3, -0.25) is 0 Å². The third-order valence-electron chi connectivity index (χ3n) is 2.41. The van der Waals surface area contributed by atoms with E-state index in [0.29, 0.717) is 5.92 Å². The van der Waals surface area contributed by atoms with Crippen molar-refractivity contribution in [1.82, 2.24) is 20.4 Å². The molecule has 0 bridgehead atoms. The fraction of sp³-hybridized carbons (Fsp3) is 0.500. The van der Waals surface area contributed by atoms with Crippen molar-refractivity contribution < 1.29 is 0 Å². The van der Waals surface area contributed by atoms with Crippen molar-refractivity contribution in [2.24, 2.45) is 5.92 Å². The molecule has 0 saturated heterocycles. The summed E-state index contributed by atoms with van der Waals surface area (Å²) in [4.78, 5) is 3.21. The Balaban J connectivity index is 2.67. The number of hydrogen-bond acceptors (Lipinski definition) is 3. The summed E-state index contributed by atoms with van der Waals surface area (Å²) in [5, 5.41) is 10.6. The third-order valence-corrected chi connectivity index (χ3v) is 2.85. The first-order valence-corrected chi connectivity index (χ1v) is 5.42. The lowest BCUT2D eigenvalue weighted by molar-refractivity contribution is 0.642. The lowest BCUT2D eigenvalue weighted by atomic mass is 10.0. The Morgan fingerprint density at radius 2 is 2.07 bits per heavy atom. The van der Waals surface area contributed by atoms with E-state index in [9.17, 15) is 0 Å². The van der Waals surface area contributed by atoms with Crippen LogP contribution in [0, 0.1) is 17.4 Å². The maximum Gasteiger partial charge on any atom is 0.181 e. The standard InChI is InChI=1S/C10H14N4S/c1-5(2)4-7-6(3)11-10-8(9(7)15)12-14-13-10/h5H,4H2,1-3H3,(H2,11,12,13,14,15). The zero-order chi connectivity index (χ0) is 11.0. The monoisotopic (exact) mass is 222 g/mol. The van der Waals surface area contributed by atoms with Crippen LogP contribution in [0.2, 0.25) is 0 Å². The number of hydrogen-bond donors (Lipinski definition) is 2. The highest BCUT2D eigenvalue weighted by Gasteiger charge is 2.10. The van der Waals surface area contributed by atoms with Crippen LogP contribution in [0.1, 0.15) is 25.1 Å². The number of H-pyrrole nitrogens is 2. The molecule has 0 aromatic carbocycles. The minimum Gasteiger partial charge on any atom is -0.340 e. The van der Waals surface area contributed by atoms with Gasteiger partial charge in [0, 0.05) is 5.69 Å². The van der Waals surface area contributed by atoms with Gasteiger partial charge in [-0.2, -0.15) is 10.3 Å². The molecule has 0 unspecified atom stereocenters. The fourth-order valence-electron chi connectivity index (χ4n) is 1.70. The summed E-state index contributed by atoms with van der Waals surface area (Å²) in [7, 11) is 0. The molecule has 0 saturated carbocycles. The number of aryl methyl sites for hydroxylation is 1. The second-order valence-corrected chi connectivity index (χ2v) is 4.58. The van der Waals surface area contributed by atoms with Gasteiger partial charge in [-0.05, 0) is 24.8 Å². The predicted octanol–water partition coefficient (Wildman–Crippen LogP) is 2.52. The molecule has 2 aromatic rings. The number of aromatic amines is 2. The maximum absolute atomic E-state index is 5.41. The van der Waals surface area contributed by atoms with Gasteiger partial charge in [0.1, 0.15) is 5.52 Å². The summed E-state index contributed by atoms with van der Waals surface area (Å²) < 4.78 is 0.823. The highest BCUT2D eigenvalue weighted by atomic mass is 32.1. The Labute approximate surface area is 93.1 Å². The molecule has 2 heterocycles. The van der Waals surface area contributed by atoms with Gasteiger partial charge in [-0.1, -0.05) is 26.1 Å².